The molecule has 4 aromatic rings. The Balaban J connectivity index is 0.000000229. The number of carbonyl (C=O) groups excluding carboxylic acids is 5. The summed E-state index contributed by atoms with van der Waals surface area (Å²) in [6.07, 6.45) is -0.546. The molecule has 0 atom stereocenters. The Morgan fingerprint density at radius 2 is 0.840 bits per heavy atom. The first-order valence-corrected chi connectivity index (χ1v) is 14.5. The number of phenolic OH excluding ortho intramolecular Hbond substituents is 2. The van der Waals surface area contributed by atoms with Gasteiger partial charge in [-0.2, -0.15) is 0 Å². The highest BCUT2D eigenvalue weighted by Crippen LogP contribution is 2.38. The number of rotatable bonds is 6. The number of cyclic esters (lactones) is 2. The fourth-order valence-corrected chi connectivity index (χ4v) is 5.23. The normalized spacial score (nSPS) is 13.1. The van der Waals surface area contributed by atoms with Gasteiger partial charge in [-0.15, -0.1) is 0 Å². The van der Waals surface area contributed by atoms with Gasteiger partial charge >= 0.3 is 6.16 Å². The number of carbonyl (C=O) groups is 5. The van der Waals surface area contributed by atoms with Crippen LogP contribution in [0.2, 0.25) is 0 Å². The van der Waals surface area contributed by atoms with Crippen LogP contribution in [0, 0.1) is 0 Å². The predicted molar refractivity (Wildman–Crippen MR) is 179 cm³/mol. The van der Waals surface area contributed by atoms with Gasteiger partial charge < -0.3 is 39.4 Å². The standard InChI is InChI=1S/C18H16O6.C14H8O4.C3H4O3.2CH4/c19-7-9-23-13-5-1-3-11-15(13)18(22)16-12(17(11)21)4-2-6-14(16)24-10-8-20;15-9-5-1-3-7-11(9)14(18)12-8(13(7)17)4-2-6-10(12)16;4-3-5-1-2-6-3;;/h1-6,19-20H,7-10H2;1-6,15-16H;1-2H2;2*1H4. The van der Waals surface area contributed by atoms with E-state index in [4.69, 9.17) is 19.7 Å². The van der Waals surface area contributed by atoms with Crippen molar-refractivity contribution in [3.05, 3.63) is 117 Å². The molecule has 0 aromatic heterocycles. The maximum Gasteiger partial charge on any atom is 0.508 e. The molecule has 1 heterocycles. The van der Waals surface area contributed by atoms with Crippen LogP contribution >= 0.6 is 0 Å². The van der Waals surface area contributed by atoms with Crippen LogP contribution < -0.4 is 9.47 Å². The number of aromatic hydroxyl groups is 2. The molecule has 0 unspecified atom stereocenters. The highest BCUT2D eigenvalue weighted by atomic mass is 16.8. The molecule has 0 spiro atoms. The van der Waals surface area contributed by atoms with Crippen molar-refractivity contribution in [2.24, 2.45) is 0 Å². The Morgan fingerprint density at radius 1 is 0.500 bits per heavy atom. The minimum Gasteiger partial charge on any atom is -0.507 e. The first kappa shape index (κ1) is 38.4. The van der Waals surface area contributed by atoms with Crippen molar-refractivity contribution in [3.8, 4) is 23.0 Å². The van der Waals surface area contributed by atoms with Gasteiger partial charge in [0.05, 0.1) is 35.5 Å². The number of aliphatic hydroxyl groups excluding tert-OH is 2. The number of phenols is 2. The number of hydrogen-bond acceptors (Lipinski definition) is 13. The Morgan fingerprint density at radius 3 is 1.18 bits per heavy atom. The molecule has 0 amide bonds. The van der Waals surface area contributed by atoms with Crippen LogP contribution in [-0.4, -0.2) is 89.4 Å². The Kier molecular flexibility index (Phi) is 13.0. The molecule has 2 aliphatic carbocycles. The quantitative estimate of drug-likeness (QED) is 0.178. The lowest BCUT2D eigenvalue weighted by molar-refractivity contribution is 0.0969. The van der Waals surface area contributed by atoms with Gasteiger partial charge in [0.15, 0.2) is 11.6 Å². The SMILES string of the molecule is C.C.O=C1OCCO1.O=C1c2cccc(O)c2C(=O)c2c(O)cccc21.O=C1c2cccc(OCCO)c2C(=O)c2c(OCCO)cccc21. The molecule has 13 heteroatoms. The van der Waals surface area contributed by atoms with Crippen molar-refractivity contribution in [1.29, 1.82) is 0 Å². The number of fused-ring (bicyclic) bond motifs is 4. The summed E-state index contributed by atoms with van der Waals surface area (Å²) in [5, 5.41) is 37.3. The summed E-state index contributed by atoms with van der Waals surface area (Å²) in [6, 6.07) is 18.3. The summed E-state index contributed by atoms with van der Waals surface area (Å²) in [7, 11) is 0. The molecule has 1 fully saturated rings. The first-order chi connectivity index (χ1) is 23.2. The zero-order chi connectivity index (χ0) is 34.4. The minimum absolute atomic E-state index is 0. The van der Waals surface area contributed by atoms with Crippen molar-refractivity contribution in [2.75, 3.05) is 39.6 Å². The van der Waals surface area contributed by atoms with E-state index in [2.05, 4.69) is 9.47 Å². The molecule has 262 valence electrons. The second-order valence-electron chi connectivity index (χ2n) is 10.2. The molecular formula is C37H36O13. The Hall–Kier alpha value is -6.05. The van der Waals surface area contributed by atoms with Crippen molar-refractivity contribution < 1.29 is 63.3 Å². The average molecular weight is 689 g/mol. The van der Waals surface area contributed by atoms with E-state index in [9.17, 15) is 34.2 Å². The maximum absolute atomic E-state index is 13.0. The molecule has 0 bridgehead atoms. The fraction of sp³-hybridized carbons (Fsp3) is 0.216. The third kappa shape index (κ3) is 7.48. The highest BCUT2D eigenvalue weighted by Gasteiger charge is 2.35. The lowest BCUT2D eigenvalue weighted by Crippen LogP contribution is -2.23. The van der Waals surface area contributed by atoms with E-state index in [0.29, 0.717) is 13.2 Å². The van der Waals surface area contributed by atoms with Gasteiger partial charge in [0.2, 0.25) is 11.6 Å². The molecule has 1 saturated heterocycles. The van der Waals surface area contributed by atoms with Crippen molar-refractivity contribution in [1.82, 2.24) is 0 Å². The van der Waals surface area contributed by atoms with Gasteiger partial charge in [0, 0.05) is 22.3 Å². The van der Waals surface area contributed by atoms with Crippen LogP contribution in [0.25, 0.3) is 0 Å². The molecule has 7 rings (SSSR count). The van der Waals surface area contributed by atoms with E-state index in [1.807, 2.05) is 0 Å². The molecule has 13 nitrogen and oxygen atoms in total. The van der Waals surface area contributed by atoms with Crippen molar-refractivity contribution >= 4 is 29.3 Å². The van der Waals surface area contributed by atoms with Gasteiger partial charge in [0.1, 0.15) is 49.4 Å². The van der Waals surface area contributed by atoms with Crippen LogP contribution in [-0.2, 0) is 9.47 Å². The zero-order valence-electron chi connectivity index (χ0n) is 25.1. The summed E-state index contributed by atoms with van der Waals surface area (Å²) in [6.45, 7) is 0.471. The number of ether oxygens (including phenoxy) is 4. The number of aliphatic hydroxyl groups is 2. The van der Waals surface area contributed by atoms with E-state index in [-0.39, 0.29) is 126 Å². The molecule has 3 aliphatic rings. The van der Waals surface area contributed by atoms with Crippen LogP contribution in [0.15, 0.2) is 72.8 Å². The van der Waals surface area contributed by atoms with Crippen LogP contribution in [0.3, 0.4) is 0 Å². The zero-order valence-corrected chi connectivity index (χ0v) is 25.1. The summed E-state index contributed by atoms with van der Waals surface area (Å²) in [5.41, 5.74) is 1.11. The van der Waals surface area contributed by atoms with Gasteiger partial charge in [-0.25, -0.2) is 4.79 Å². The van der Waals surface area contributed by atoms with Crippen molar-refractivity contribution in [3.63, 3.8) is 0 Å². The highest BCUT2D eigenvalue weighted by molar-refractivity contribution is 6.31. The first-order valence-electron chi connectivity index (χ1n) is 14.5. The Labute approximate surface area is 287 Å². The van der Waals surface area contributed by atoms with E-state index < -0.39 is 11.9 Å². The van der Waals surface area contributed by atoms with Crippen LogP contribution in [0.1, 0.15) is 78.5 Å². The number of ketones is 4. The molecule has 4 N–H and O–H groups in total. The lowest BCUT2D eigenvalue weighted by atomic mass is 9.83. The summed E-state index contributed by atoms with van der Waals surface area (Å²) >= 11 is 0. The predicted octanol–water partition coefficient (Wildman–Crippen LogP) is 4.50. The van der Waals surface area contributed by atoms with Gasteiger partial charge in [-0.1, -0.05) is 63.4 Å². The monoisotopic (exact) mass is 688 g/mol. The molecule has 50 heavy (non-hydrogen) atoms. The van der Waals surface area contributed by atoms with Crippen LogP contribution in [0.4, 0.5) is 4.79 Å². The average Bonchev–Trinajstić information content (AvgIpc) is 3.58. The molecule has 4 aromatic carbocycles. The molecular weight excluding hydrogens is 652 g/mol. The number of hydrogen-bond donors (Lipinski definition) is 4. The second-order valence-corrected chi connectivity index (χ2v) is 10.2. The molecule has 0 radical (unpaired) electrons. The Bertz CT molecular complexity index is 1800. The summed E-state index contributed by atoms with van der Waals surface area (Å²) < 4.78 is 19.4. The molecule has 0 saturated carbocycles. The third-order valence-corrected chi connectivity index (χ3v) is 7.24. The lowest BCUT2D eigenvalue weighted by Gasteiger charge is -2.22. The van der Waals surface area contributed by atoms with E-state index in [1.165, 1.54) is 36.4 Å². The largest absolute Gasteiger partial charge is 0.508 e. The summed E-state index contributed by atoms with van der Waals surface area (Å²) in [5.74, 6) is -1.56. The number of benzene rings is 4. The van der Waals surface area contributed by atoms with E-state index >= 15 is 0 Å². The van der Waals surface area contributed by atoms with Gasteiger partial charge in [-0.05, 0) is 24.3 Å². The third-order valence-electron chi connectivity index (χ3n) is 7.24. The maximum atomic E-state index is 13.0. The van der Waals surface area contributed by atoms with E-state index in [0.717, 1.165) is 0 Å². The molecule has 1 aliphatic heterocycles. The second kappa shape index (κ2) is 16.9. The topological polar surface area (TPSA) is 203 Å². The smallest absolute Gasteiger partial charge is 0.507 e. The van der Waals surface area contributed by atoms with Crippen molar-refractivity contribution in [2.45, 2.75) is 14.9 Å². The van der Waals surface area contributed by atoms with E-state index in [1.54, 1.807) is 36.4 Å². The fourth-order valence-electron chi connectivity index (χ4n) is 5.23. The van der Waals surface area contributed by atoms with Gasteiger partial charge in [0.25, 0.3) is 0 Å². The minimum atomic E-state index is -0.546. The van der Waals surface area contributed by atoms with Crippen LogP contribution in [0.5, 0.6) is 23.0 Å². The van der Waals surface area contributed by atoms with Gasteiger partial charge in [-0.3, -0.25) is 19.2 Å². The summed E-state index contributed by atoms with van der Waals surface area (Å²) in [4.78, 5) is 59.9.